The molecule has 3 heteroatoms. The fourth-order valence-electron chi connectivity index (χ4n) is 2.02. The van der Waals surface area contributed by atoms with Crippen molar-refractivity contribution in [1.82, 2.24) is 0 Å². The molecule has 2 atom stereocenters. The minimum atomic E-state index is 0.378. The predicted molar refractivity (Wildman–Crippen MR) is 71.3 cm³/mol. The van der Waals surface area contributed by atoms with Gasteiger partial charge in [0.25, 0.3) is 0 Å². The van der Waals surface area contributed by atoms with Crippen molar-refractivity contribution < 1.29 is 0 Å². The first-order valence-electron chi connectivity index (χ1n) is 5.33. The molecular formula is C12H16BrNS. The van der Waals surface area contributed by atoms with Crippen LogP contribution in [0.5, 0.6) is 0 Å². The predicted octanol–water partition coefficient (Wildman–Crippen LogP) is 3.07. The molecule has 1 aliphatic rings. The summed E-state index contributed by atoms with van der Waals surface area (Å²) in [6.07, 6.45) is 2.39. The zero-order valence-corrected chi connectivity index (χ0v) is 11.1. The highest BCUT2D eigenvalue weighted by Crippen LogP contribution is 2.26. The lowest BCUT2D eigenvalue weighted by Gasteiger charge is -2.28. The van der Waals surface area contributed by atoms with Gasteiger partial charge in [0.1, 0.15) is 0 Å². The first kappa shape index (κ1) is 11.5. The van der Waals surface area contributed by atoms with E-state index in [1.165, 1.54) is 22.2 Å². The second-order valence-electron chi connectivity index (χ2n) is 4.12. The largest absolute Gasteiger partial charge is 0.327 e. The highest BCUT2D eigenvalue weighted by molar-refractivity contribution is 9.10. The molecule has 0 bridgehead atoms. The molecule has 1 aromatic rings. The zero-order chi connectivity index (χ0) is 10.7. The van der Waals surface area contributed by atoms with Crippen LogP contribution in [0.4, 0.5) is 0 Å². The molecule has 0 aromatic heterocycles. The summed E-state index contributed by atoms with van der Waals surface area (Å²) in [4.78, 5) is 0. The average Bonchev–Trinajstić information content (AvgIpc) is 2.22. The molecule has 0 amide bonds. The van der Waals surface area contributed by atoms with Crippen LogP contribution in [0.2, 0.25) is 0 Å². The molecule has 1 aliphatic heterocycles. The van der Waals surface area contributed by atoms with E-state index in [1.807, 2.05) is 11.8 Å². The Morgan fingerprint density at radius 2 is 2.33 bits per heavy atom. The lowest BCUT2D eigenvalue weighted by Crippen LogP contribution is -2.37. The lowest BCUT2D eigenvalue weighted by molar-refractivity contribution is 0.425. The summed E-state index contributed by atoms with van der Waals surface area (Å²) in [6, 6.07) is 8.94. The first-order chi connectivity index (χ1) is 7.25. The number of hydrogen-bond donors (Lipinski definition) is 1. The molecule has 1 saturated heterocycles. The van der Waals surface area contributed by atoms with Gasteiger partial charge in [-0.05, 0) is 42.2 Å². The van der Waals surface area contributed by atoms with Gasteiger partial charge in [0.15, 0.2) is 0 Å². The smallest absolute Gasteiger partial charge is 0.0177 e. The molecular weight excluding hydrogens is 270 g/mol. The molecule has 0 spiro atoms. The van der Waals surface area contributed by atoms with E-state index < -0.39 is 0 Å². The van der Waals surface area contributed by atoms with Gasteiger partial charge in [0.2, 0.25) is 0 Å². The Bertz CT molecular complexity index is 329. The Morgan fingerprint density at radius 3 is 3.07 bits per heavy atom. The summed E-state index contributed by atoms with van der Waals surface area (Å²) in [5, 5.41) is 0. The molecule has 1 nitrogen and oxygen atoms in total. The molecule has 0 aliphatic carbocycles. The Kier molecular flexibility index (Phi) is 4.12. The Hall–Kier alpha value is 0.01000. The Labute approximate surface area is 104 Å². The van der Waals surface area contributed by atoms with E-state index in [-0.39, 0.29) is 0 Å². The number of nitrogens with two attached hydrogens (primary N) is 1. The van der Waals surface area contributed by atoms with Gasteiger partial charge in [0.05, 0.1) is 0 Å². The summed E-state index contributed by atoms with van der Waals surface area (Å²) in [5.74, 6) is 3.06. The third kappa shape index (κ3) is 3.23. The topological polar surface area (TPSA) is 26.0 Å². The van der Waals surface area contributed by atoms with Gasteiger partial charge >= 0.3 is 0 Å². The van der Waals surface area contributed by atoms with E-state index in [0.717, 1.165) is 12.2 Å². The average molecular weight is 286 g/mol. The van der Waals surface area contributed by atoms with E-state index in [4.69, 9.17) is 5.73 Å². The van der Waals surface area contributed by atoms with E-state index in [0.29, 0.717) is 12.0 Å². The molecule has 2 N–H and O–H groups in total. The van der Waals surface area contributed by atoms with Gasteiger partial charge in [-0.15, -0.1) is 0 Å². The van der Waals surface area contributed by atoms with E-state index in [1.54, 1.807) is 0 Å². The summed E-state index contributed by atoms with van der Waals surface area (Å²) in [5.41, 5.74) is 7.53. The van der Waals surface area contributed by atoms with Crippen LogP contribution in [-0.4, -0.2) is 17.5 Å². The molecule has 1 aromatic carbocycles. The fourth-order valence-corrected chi connectivity index (χ4v) is 3.65. The normalized spacial score (nSPS) is 26.5. The number of benzene rings is 1. The van der Waals surface area contributed by atoms with Gasteiger partial charge in [-0.3, -0.25) is 0 Å². The van der Waals surface area contributed by atoms with Crippen LogP contribution in [-0.2, 0) is 6.42 Å². The van der Waals surface area contributed by atoms with E-state index in [2.05, 4.69) is 40.2 Å². The molecule has 2 unspecified atom stereocenters. The van der Waals surface area contributed by atoms with Crippen molar-refractivity contribution in [2.45, 2.75) is 18.9 Å². The van der Waals surface area contributed by atoms with Crippen LogP contribution in [0.1, 0.15) is 12.0 Å². The second-order valence-corrected chi connectivity index (χ2v) is 6.19. The Morgan fingerprint density at radius 1 is 1.47 bits per heavy atom. The van der Waals surface area contributed by atoms with Crippen molar-refractivity contribution in [3.05, 3.63) is 34.3 Å². The highest BCUT2D eigenvalue weighted by Gasteiger charge is 2.22. The van der Waals surface area contributed by atoms with E-state index >= 15 is 0 Å². The lowest BCUT2D eigenvalue weighted by atomic mass is 9.91. The maximum Gasteiger partial charge on any atom is 0.0177 e. The van der Waals surface area contributed by atoms with Gasteiger partial charge < -0.3 is 5.73 Å². The first-order valence-corrected chi connectivity index (χ1v) is 7.28. The highest BCUT2D eigenvalue weighted by atomic mass is 79.9. The van der Waals surface area contributed by atoms with Gasteiger partial charge in [-0.1, -0.05) is 28.1 Å². The van der Waals surface area contributed by atoms with Crippen molar-refractivity contribution in [2.24, 2.45) is 11.7 Å². The molecule has 2 rings (SSSR count). The molecule has 1 fully saturated rings. The van der Waals surface area contributed by atoms with Gasteiger partial charge in [0, 0.05) is 16.3 Å². The van der Waals surface area contributed by atoms with Crippen molar-refractivity contribution in [2.75, 3.05) is 11.5 Å². The van der Waals surface area contributed by atoms with Crippen molar-refractivity contribution in [3.8, 4) is 0 Å². The molecule has 82 valence electrons. The van der Waals surface area contributed by atoms with E-state index in [9.17, 15) is 0 Å². The summed E-state index contributed by atoms with van der Waals surface area (Å²) >= 11 is 5.49. The van der Waals surface area contributed by atoms with Gasteiger partial charge in [-0.25, -0.2) is 0 Å². The van der Waals surface area contributed by atoms with Crippen LogP contribution < -0.4 is 5.73 Å². The molecule has 15 heavy (non-hydrogen) atoms. The maximum absolute atomic E-state index is 6.13. The van der Waals surface area contributed by atoms with Crippen LogP contribution in [0.15, 0.2) is 28.7 Å². The monoisotopic (exact) mass is 285 g/mol. The van der Waals surface area contributed by atoms with Crippen LogP contribution in [0.3, 0.4) is 0 Å². The summed E-state index contributed by atoms with van der Waals surface area (Å²) in [6.45, 7) is 0. The van der Waals surface area contributed by atoms with Gasteiger partial charge in [-0.2, -0.15) is 11.8 Å². The maximum atomic E-state index is 6.13. The second kappa shape index (κ2) is 5.37. The summed E-state index contributed by atoms with van der Waals surface area (Å²) in [7, 11) is 0. The number of hydrogen-bond acceptors (Lipinski definition) is 2. The molecule has 0 saturated carbocycles. The van der Waals surface area contributed by atoms with Crippen molar-refractivity contribution in [1.29, 1.82) is 0 Å². The minimum Gasteiger partial charge on any atom is -0.327 e. The van der Waals surface area contributed by atoms with Crippen LogP contribution >= 0.6 is 27.7 Å². The Balaban J connectivity index is 2.01. The molecule has 0 radical (unpaired) electrons. The third-order valence-electron chi connectivity index (χ3n) is 2.94. The SMILES string of the molecule is NC1CSCCC1Cc1cccc(Br)c1. The third-order valence-corrected chi connectivity index (χ3v) is 4.57. The van der Waals surface area contributed by atoms with Crippen molar-refractivity contribution >= 4 is 27.7 Å². The quantitative estimate of drug-likeness (QED) is 0.904. The zero-order valence-electron chi connectivity index (χ0n) is 8.66. The van der Waals surface area contributed by atoms with Crippen molar-refractivity contribution in [3.63, 3.8) is 0 Å². The standard InChI is InChI=1S/C12H16BrNS/c13-11-3-1-2-9(7-11)6-10-4-5-15-8-12(10)14/h1-3,7,10,12H,4-6,8,14H2. The molecule has 1 heterocycles. The van der Waals surface area contributed by atoms with Crippen LogP contribution in [0, 0.1) is 5.92 Å². The summed E-state index contributed by atoms with van der Waals surface area (Å²) < 4.78 is 1.17. The number of halogens is 1. The fraction of sp³-hybridized carbons (Fsp3) is 0.500. The minimum absolute atomic E-state index is 0.378. The number of thioether (sulfide) groups is 1. The van der Waals surface area contributed by atoms with Crippen LogP contribution in [0.25, 0.3) is 0 Å². The number of rotatable bonds is 2.